The molecular weight excluding hydrogens is 277 g/mol. The summed E-state index contributed by atoms with van der Waals surface area (Å²) >= 11 is 1.36. The summed E-state index contributed by atoms with van der Waals surface area (Å²) < 4.78 is 18.8. The highest BCUT2D eigenvalue weighted by molar-refractivity contribution is 7.12. The summed E-state index contributed by atoms with van der Waals surface area (Å²) in [6.07, 6.45) is 0.903. The van der Waals surface area contributed by atoms with E-state index >= 15 is 0 Å². The van der Waals surface area contributed by atoms with Crippen molar-refractivity contribution in [1.29, 1.82) is 0 Å². The number of rotatable bonds is 6. The van der Waals surface area contributed by atoms with E-state index in [9.17, 15) is 9.18 Å². The zero-order chi connectivity index (χ0) is 14.4. The van der Waals surface area contributed by atoms with Crippen molar-refractivity contribution in [2.45, 2.75) is 20.0 Å². The molecule has 0 fully saturated rings. The van der Waals surface area contributed by atoms with Crippen LogP contribution in [-0.2, 0) is 6.61 Å². The summed E-state index contributed by atoms with van der Waals surface area (Å²) in [5, 5.41) is 4.66. The average Bonchev–Trinajstić information content (AvgIpc) is 2.93. The predicted octanol–water partition coefficient (Wildman–Crippen LogP) is 3.61. The lowest BCUT2D eigenvalue weighted by Crippen LogP contribution is -2.22. The second-order valence-electron chi connectivity index (χ2n) is 4.29. The summed E-state index contributed by atoms with van der Waals surface area (Å²) in [5.74, 6) is -0.242. The van der Waals surface area contributed by atoms with Crippen LogP contribution in [0.4, 0.5) is 4.39 Å². The zero-order valence-electron chi connectivity index (χ0n) is 11.2. The molecule has 0 aliphatic carbocycles. The monoisotopic (exact) mass is 293 g/mol. The minimum absolute atomic E-state index is 0.0750. The highest BCUT2D eigenvalue weighted by Crippen LogP contribution is 2.20. The van der Waals surface area contributed by atoms with Gasteiger partial charge in [0.15, 0.2) is 11.6 Å². The number of hydrogen-bond acceptors (Lipinski definition) is 3. The van der Waals surface area contributed by atoms with Crippen LogP contribution in [0.1, 0.15) is 28.6 Å². The molecule has 0 saturated heterocycles. The minimum Gasteiger partial charge on any atom is -0.486 e. The largest absolute Gasteiger partial charge is 0.486 e. The van der Waals surface area contributed by atoms with Gasteiger partial charge in [-0.25, -0.2) is 4.39 Å². The second kappa shape index (κ2) is 7.05. The molecule has 0 unspecified atom stereocenters. The minimum atomic E-state index is -0.386. The molecule has 1 amide bonds. The Bertz CT molecular complexity index is 583. The summed E-state index contributed by atoms with van der Waals surface area (Å²) in [4.78, 5) is 12.4. The number of carbonyl (C=O) groups is 1. The quantitative estimate of drug-likeness (QED) is 0.883. The van der Waals surface area contributed by atoms with E-state index in [4.69, 9.17) is 4.74 Å². The second-order valence-corrected chi connectivity index (χ2v) is 5.21. The smallest absolute Gasteiger partial charge is 0.261 e. The summed E-state index contributed by atoms with van der Waals surface area (Å²) in [6.45, 7) is 2.92. The third-order valence-corrected chi connectivity index (χ3v) is 3.62. The van der Waals surface area contributed by atoms with E-state index in [-0.39, 0.29) is 24.1 Å². The first-order chi connectivity index (χ1) is 9.70. The van der Waals surface area contributed by atoms with Crippen molar-refractivity contribution >= 4 is 17.2 Å². The number of halogens is 1. The van der Waals surface area contributed by atoms with Crippen LogP contribution in [0.5, 0.6) is 5.75 Å². The van der Waals surface area contributed by atoms with Crippen molar-refractivity contribution in [1.82, 2.24) is 5.32 Å². The number of ether oxygens (including phenoxy) is 1. The molecular formula is C15H16FNO2S. The normalized spacial score (nSPS) is 10.3. The third kappa shape index (κ3) is 3.81. The number of thiophene rings is 1. The van der Waals surface area contributed by atoms with Crippen LogP contribution in [0.3, 0.4) is 0 Å². The topological polar surface area (TPSA) is 38.3 Å². The first-order valence-corrected chi connectivity index (χ1v) is 7.31. The van der Waals surface area contributed by atoms with Crippen molar-refractivity contribution in [3.8, 4) is 5.75 Å². The Morgan fingerprint density at radius 3 is 2.95 bits per heavy atom. The van der Waals surface area contributed by atoms with Crippen LogP contribution in [0, 0.1) is 5.82 Å². The van der Waals surface area contributed by atoms with Gasteiger partial charge in [0, 0.05) is 12.1 Å². The molecule has 1 heterocycles. The average molecular weight is 293 g/mol. The molecule has 0 aliphatic rings. The van der Waals surface area contributed by atoms with E-state index in [1.165, 1.54) is 17.4 Å². The van der Waals surface area contributed by atoms with Gasteiger partial charge in [0.25, 0.3) is 5.91 Å². The van der Waals surface area contributed by atoms with E-state index in [0.717, 1.165) is 12.0 Å². The van der Waals surface area contributed by atoms with E-state index in [1.54, 1.807) is 24.3 Å². The van der Waals surface area contributed by atoms with Crippen LogP contribution in [0.15, 0.2) is 35.7 Å². The lowest BCUT2D eigenvalue weighted by molar-refractivity contribution is 0.0957. The van der Waals surface area contributed by atoms with Crippen LogP contribution in [0.2, 0.25) is 0 Å². The number of para-hydroxylation sites is 1. The van der Waals surface area contributed by atoms with Gasteiger partial charge in [-0.1, -0.05) is 19.1 Å². The maximum absolute atomic E-state index is 13.4. The Balaban J connectivity index is 1.93. The number of amides is 1. The molecule has 1 aromatic heterocycles. The molecule has 0 saturated carbocycles. The molecule has 0 radical (unpaired) electrons. The lowest BCUT2D eigenvalue weighted by atomic mass is 10.3. The Hall–Kier alpha value is -1.88. The van der Waals surface area contributed by atoms with Crippen molar-refractivity contribution in [2.24, 2.45) is 0 Å². The van der Waals surface area contributed by atoms with Crippen molar-refractivity contribution in [2.75, 3.05) is 6.54 Å². The zero-order valence-corrected chi connectivity index (χ0v) is 12.0. The molecule has 0 aliphatic heterocycles. The van der Waals surface area contributed by atoms with Crippen molar-refractivity contribution in [3.05, 3.63) is 52.0 Å². The maximum Gasteiger partial charge on any atom is 0.261 e. The van der Waals surface area contributed by atoms with Gasteiger partial charge >= 0.3 is 0 Å². The highest BCUT2D eigenvalue weighted by Gasteiger charge is 2.09. The number of benzene rings is 1. The Labute approximate surface area is 121 Å². The van der Waals surface area contributed by atoms with Crippen LogP contribution in [0.25, 0.3) is 0 Å². The van der Waals surface area contributed by atoms with Crippen molar-refractivity contribution in [3.63, 3.8) is 0 Å². The van der Waals surface area contributed by atoms with Gasteiger partial charge in [-0.2, -0.15) is 0 Å². The standard InChI is InChI=1S/C15H16FNO2S/c1-2-7-17-15(18)14-8-11(10-20-14)9-19-13-6-4-3-5-12(13)16/h3-6,8,10H,2,7,9H2,1H3,(H,17,18). The van der Waals surface area contributed by atoms with E-state index < -0.39 is 0 Å². The lowest BCUT2D eigenvalue weighted by Gasteiger charge is -2.05. The van der Waals surface area contributed by atoms with Gasteiger partial charge in [0.05, 0.1) is 4.88 Å². The summed E-state index contributed by atoms with van der Waals surface area (Å²) in [5.41, 5.74) is 0.861. The molecule has 20 heavy (non-hydrogen) atoms. The molecule has 1 N–H and O–H groups in total. The summed E-state index contributed by atoms with van der Waals surface area (Å²) in [6, 6.07) is 8.04. The molecule has 0 atom stereocenters. The molecule has 1 aromatic carbocycles. The molecule has 0 spiro atoms. The SMILES string of the molecule is CCCNC(=O)c1cc(COc2ccccc2F)cs1. The number of carbonyl (C=O) groups excluding carboxylic acids is 1. The molecule has 0 bridgehead atoms. The summed E-state index contributed by atoms with van der Waals surface area (Å²) in [7, 11) is 0. The fraction of sp³-hybridized carbons (Fsp3) is 0.267. The van der Waals surface area contributed by atoms with Gasteiger partial charge in [-0.05, 0) is 30.0 Å². The maximum atomic E-state index is 13.4. The molecule has 2 aromatic rings. The van der Waals surface area contributed by atoms with E-state index in [2.05, 4.69) is 5.32 Å². The molecule has 2 rings (SSSR count). The van der Waals surface area contributed by atoms with Gasteiger partial charge in [0.1, 0.15) is 6.61 Å². The van der Waals surface area contributed by atoms with Gasteiger partial charge in [0.2, 0.25) is 0 Å². The third-order valence-electron chi connectivity index (χ3n) is 2.64. The van der Waals surface area contributed by atoms with Gasteiger partial charge in [-0.15, -0.1) is 11.3 Å². The Kier molecular flexibility index (Phi) is 5.12. The van der Waals surface area contributed by atoms with Crippen LogP contribution >= 0.6 is 11.3 Å². The first-order valence-electron chi connectivity index (χ1n) is 6.43. The van der Waals surface area contributed by atoms with Crippen LogP contribution < -0.4 is 10.1 Å². The molecule has 106 valence electrons. The van der Waals surface area contributed by atoms with E-state index in [1.807, 2.05) is 12.3 Å². The predicted molar refractivity (Wildman–Crippen MR) is 77.7 cm³/mol. The number of hydrogen-bond donors (Lipinski definition) is 1. The molecule has 3 nitrogen and oxygen atoms in total. The van der Waals surface area contributed by atoms with Crippen LogP contribution in [-0.4, -0.2) is 12.5 Å². The van der Waals surface area contributed by atoms with Crippen molar-refractivity contribution < 1.29 is 13.9 Å². The first kappa shape index (κ1) is 14.5. The highest BCUT2D eigenvalue weighted by atomic mass is 32.1. The number of nitrogens with one attached hydrogen (secondary N) is 1. The van der Waals surface area contributed by atoms with Gasteiger partial charge < -0.3 is 10.1 Å². The fourth-order valence-corrected chi connectivity index (χ4v) is 2.43. The Morgan fingerprint density at radius 2 is 2.20 bits per heavy atom. The fourth-order valence-electron chi connectivity index (χ4n) is 1.62. The Morgan fingerprint density at radius 1 is 1.40 bits per heavy atom. The molecule has 5 heteroatoms. The van der Waals surface area contributed by atoms with E-state index in [0.29, 0.717) is 11.4 Å². The van der Waals surface area contributed by atoms with Gasteiger partial charge in [-0.3, -0.25) is 4.79 Å².